The minimum atomic E-state index is -4.63. The van der Waals surface area contributed by atoms with Crippen LogP contribution in [0.5, 0.6) is 5.88 Å². The van der Waals surface area contributed by atoms with Crippen LogP contribution in [0.25, 0.3) is 0 Å². The normalized spacial score (nSPS) is 14.3. The number of hydrogen-bond donors (Lipinski definition) is 3. The summed E-state index contributed by atoms with van der Waals surface area (Å²) in [4.78, 5) is 39.0. The van der Waals surface area contributed by atoms with E-state index < -0.39 is 35.6 Å². The Morgan fingerprint density at radius 1 is 1.00 bits per heavy atom. The Labute approximate surface area is 270 Å². The molecule has 47 heavy (non-hydrogen) atoms. The number of carboxylic acids is 2. The van der Waals surface area contributed by atoms with E-state index in [9.17, 15) is 27.6 Å². The summed E-state index contributed by atoms with van der Waals surface area (Å²) in [5.74, 6) is -4.15. The number of likely N-dealkylation sites (N-methyl/N-ethyl adjacent to an activating group) is 1. The molecule has 0 spiro atoms. The van der Waals surface area contributed by atoms with Crippen LogP contribution in [0, 0.1) is 0 Å². The van der Waals surface area contributed by atoms with Crippen LogP contribution in [0.2, 0.25) is 0 Å². The predicted molar refractivity (Wildman–Crippen MR) is 168 cm³/mol. The van der Waals surface area contributed by atoms with Gasteiger partial charge in [-0.25, -0.2) is 19.4 Å². The summed E-state index contributed by atoms with van der Waals surface area (Å²) in [6, 6.07) is 16.8. The maximum atomic E-state index is 14.2. The van der Waals surface area contributed by atoms with Crippen LogP contribution in [-0.2, 0) is 31.8 Å². The van der Waals surface area contributed by atoms with Gasteiger partial charge in [-0.05, 0) is 51.1 Å². The second-order valence-corrected chi connectivity index (χ2v) is 10.8. The molecule has 0 bridgehead atoms. The molecular formula is C34H36F3N3O7. The number of carboxylic acid groups (broad SMARTS) is 2. The van der Waals surface area contributed by atoms with Gasteiger partial charge >= 0.3 is 24.1 Å². The zero-order chi connectivity index (χ0) is 34.7. The molecule has 2 aromatic carbocycles. The lowest BCUT2D eigenvalue weighted by Crippen LogP contribution is -2.29. The molecule has 0 amide bonds. The predicted octanol–water partition coefficient (Wildman–Crippen LogP) is 6.11. The van der Waals surface area contributed by atoms with Gasteiger partial charge in [0.2, 0.25) is 5.88 Å². The first kappa shape index (κ1) is 36.3. The molecule has 0 aliphatic carbocycles. The summed E-state index contributed by atoms with van der Waals surface area (Å²) in [5.41, 5.74) is 1.61. The molecule has 13 heteroatoms. The molecule has 1 atom stereocenters. The van der Waals surface area contributed by atoms with E-state index in [1.165, 1.54) is 24.4 Å². The van der Waals surface area contributed by atoms with Gasteiger partial charge < -0.3 is 25.0 Å². The topological polar surface area (TPSA) is 138 Å². The molecule has 3 N–H and O–H groups in total. The van der Waals surface area contributed by atoms with E-state index in [4.69, 9.17) is 19.7 Å². The van der Waals surface area contributed by atoms with Gasteiger partial charge in [-0.15, -0.1) is 0 Å². The maximum absolute atomic E-state index is 14.2. The highest BCUT2D eigenvalue weighted by molar-refractivity contribution is 5.95. The SMILES string of the molecule is CC1=C(C(=O)OCCN(C)Cc2ccccc2)C(c2ccccc2C(F)(F)F)c2c(ccnc2OC(C)C)N1.O=C(O)C=CC(=O)O. The number of allylic oxidation sites excluding steroid dienone is 1. The number of ether oxygens (including phenoxy) is 2. The van der Waals surface area contributed by atoms with Gasteiger partial charge in [0.05, 0.1) is 23.2 Å². The lowest BCUT2D eigenvalue weighted by Gasteiger charge is -2.32. The Kier molecular flexibility index (Phi) is 12.7. The van der Waals surface area contributed by atoms with Crippen molar-refractivity contribution in [1.82, 2.24) is 9.88 Å². The molecule has 0 saturated carbocycles. The number of benzene rings is 2. The number of hydrogen-bond acceptors (Lipinski definition) is 8. The van der Waals surface area contributed by atoms with Gasteiger partial charge in [0.1, 0.15) is 6.61 Å². The molecule has 0 saturated heterocycles. The van der Waals surface area contributed by atoms with E-state index in [2.05, 4.69) is 10.3 Å². The van der Waals surface area contributed by atoms with E-state index in [-0.39, 0.29) is 29.7 Å². The standard InChI is InChI=1S/C30H32F3N3O3.C4H4O4/c1-19(2)39-28-27-24(14-15-34-28)35-20(3)25(26(27)22-12-8-9-13-23(22)30(31,32)33)29(37)38-17-16-36(4)18-21-10-6-5-7-11-21;5-3(6)1-2-4(7)8/h5-15,19,26,35H,16-18H2,1-4H3;1-2H,(H,5,6)(H,7,8). The number of fused-ring (bicyclic) bond motifs is 1. The van der Waals surface area contributed by atoms with Crippen molar-refractivity contribution < 1.29 is 47.2 Å². The summed E-state index contributed by atoms with van der Waals surface area (Å²) in [6.45, 7) is 6.45. The Balaban J connectivity index is 0.000000665. The molecule has 0 radical (unpaired) electrons. The molecule has 1 aliphatic rings. The van der Waals surface area contributed by atoms with E-state index in [0.29, 0.717) is 42.2 Å². The number of nitrogens with zero attached hydrogens (tertiary/aromatic N) is 2. The fraction of sp³-hybridized carbons (Fsp3) is 0.294. The summed E-state index contributed by atoms with van der Waals surface area (Å²) in [6.07, 6.45) is -2.28. The molecule has 1 aromatic heterocycles. The van der Waals surface area contributed by atoms with Crippen LogP contribution < -0.4 is 10.1 Å². The third-order valence-electron chi connectivity index (χ3n) is 6.77. The van der Waals surface area contributed by atoms with Crippen molar-refractivity contribution in [2.45, 2.75) is 45.5 Å². The summed E-state index contributed by atoms with van der Waals surface area (Å²) in [5, 5.41) is 18.8. The van der Waals surface area contributed by atoms with Gasteiger partial charge in [0.25, 0.3) is 0 Å². The van der Waals surface area contributed by atoms with Crippen molar-refractivity contribution in [3.63, 3.8) is 0 Å². The number of anilines is 1. The molecule has 1 aliphatic heterocycles. The third kappa shape index (κ3) is 10.4. The summed E-state index contributed by atoms with van der Waals surface area (Å²) in [7, 11) is 1.91. The fourth-order valence-corrected chi connectivity index (χ4v) is 4.87. The summed E-state index contributed by atoms with van der Waals surface area (Å²) >= 11 is 0. The minimum Gasteiger partial charge on any atom is -0.478 e. The van der Waals surface area contributed by atoms with E-state index in [1.807, 2.05) is 42.3 Å². The average Bonchev–Trinajstić information content (AvgIpc) is 2.99. The van der Waals surface area contributed by atoms with Crippen LogP contribution in [0.1, 0.15) is 48.9 Å². The minimum absolute atomic E-state index is 0.0677. The zero-order valence-electron chi connectivity index (χ0n) is 26.2. The Bertz CT molecular complexity index is 1610. The van der Waals surface area contributed by atoms with Gasteiger partial charge in [-0.1, -0.05) is 48.5 Å². The highest BCUT2D eigenvalue weighted by atomic mass is 19.4. The first-order valence-electron chi connectivity index (χ1n) is 14.5. The average molecular weight is 656 g/mol. The van der Waals surface area contributed by atoms with E-state index in [1.54, 1.807) is 26.8 Å². The molecule has 4 rings (SSSR count). The number of rotatable bonds is 11. The lowest BCUT2D eigenvalue weighted by molar-refractivity contribution is -0.141. The first-order valence-corrected chi connectivity index (χ1v) is 14.5. The van der Waals surface area contributed by atoms with E-state index in [0.717, 1.165) is 11.6 Å². The number of esters is 1. The largest absolute Gasteiger partial charge is 0.478 e. The van der Waals surface area contributed by atoms with Crippen molar-refractivity contribution in [1.29, 1.82) is 0 Å². The maximum Gasteiger partial charge on any atom is 0.416 e. The van der Waals surface area contributed by atoms with E-state index >= 15 is 0 Å². The van der Waals surface area contributed by atoms with Crippen LogP contribution >= 0.6 is 0 Å². The number of carbonyl (C=O) groups is 3. The highest BCUT2D eigenvalue weighted by Crippen LogP contribution is 2.49. The first-order chi connectivity index (χ1) is 22.2. The number of aliphatic carboxylic acids is 2. The molecular weight excluding hydrogens is 619 g/mol. The van der Waals surface area contributed by atoms with Crippen molar-refractivity contribution in [3.8, 4) is 5.88 Å². The Morgan fingerprint density at radius 2 is 1.62 bits per heavy atom. The number of carbonyl (C=O) groups excluding carboxylic acids is 1. The molecule has 250 valence electrons. The van der Waals surface area contributed by atoms with Crippen LogP contribution in [0.15, 0.2) is 90.3 Å². The van der Waals surface area contributed by atoms with Crippen LogP contribution in [0.4, 0.5) is 18.9 Å². The summed E-state index contributed by atoms with van der Waals surface area (Å²) < 4.78 is 54.1. The highest BCUT2D eigenvalue weighted by Gasteiger charge is 2.42. The Hall–Kier alpha value is -5.17. The number of nitrogens with one attached hydrogen (secondary N) is 1. The van der Waals surface area contributed by atoms with Crippen LogP contribution in [0.3, 0.4) is 0 Å². The van der Waals surface area contributed by atoms with Gasteiger partial charge in [0, 0.05) is 48.4 Å². The van der Waals surface area contributed by atoms with Crippen molar-refractivity contribution in [3.05, 3.63) is 113 Å². The fourth-order valence-electron chi connectivity index (χ4n) is 4.87. The zero-order valence-corrected chi connectivity index (χ0v) is 26.2. The molecule has 0 fully saturated rings. The molecule has 10 nitrogen and oxygen atoms in total. The van der Waals surface area contributed by atoms with Crippen molar-refractivity contribution >= 4 is 23.6 Å². The van der Waals surface area contributed by atoms with Crippen molar-refractivity contribution in [2.75, 3.05) is 25.5 Å². The van der Waals surface area contributed by atoms with Crippen molar-refractivity contribution in [2.24, 2.45) is 0 Å². The van der Waals surface area contributed by atoms with Gasteiger partial charge in [-0.2, -0.15) is 13.2 Å². The second-order valence-electron chi connectivity index (χ2n) is 10.8. The van der Waals surface area contributed by atoms with Crippen LogP contribution in [-0.4, -0.2) is 64.3 Å². The monoisotopic (exact) mass is 655 g/mol. The quantitative estimate of drug-likeness (QED) is 0.164. The third-order valence-corrected chi connectivity index (χ3v) is 6.77. The molecule has 3 aromatic rings. The molecule has 2 heterocycles. The number of alkyl halides is 3. The number of aromatic nitrogens is 1. The van der Waals surface area contributed by atoms with Gasteiger partial charge in [-0.3, -0.25) is 4.90 Å². The number of halogens is 3. The number of pyridine rings is 1. The second kappa shape index (κ2) is 16.4. The lowest BCUT2D eigenvalue weighted by atomic mass is 9.79. The smallest absolute Gasteiger partial charge is 0.416 e. The Morgan fingerprint density at radius 3 is 2.21 bits per heavy atom. The van der Waals surface area contributed by atoms with Gasteiger partial charge in [0.15, 0.2) is 0 Å². The molecule has 1 unspecified atom stereocenters.